The first-order chi connectivity index (χ1) is 9.60. The summed E-state index contributed by atoms with van der Waals surface area (Å²) in [5.74, 6) is 0. The summed E-state index contributed by atoms with van der Waals surface area (Å²) in [4.78, 5) is 22.8. The molecule has 0 saturated carbocycles. The standard InChI is InChI=1S/C13H23F3N2O4/c1-11(2,3)21-9(19)17-7-8(13(14,15)16)18-10(20)22-12(4,5)6/h8H,7H2,1-6H3,(H,17,19)(H,18,20)/t8-/m0/s1. The van der Waals surface area contributed by atoms with Gasteiger partial charge < -0.3 is 20.1 Å². The van der Waals surface area contributed by atoms with Crippen LogP contribution in [-0.4, -0.2) is 42.2 Å². The first-order valence-electron chi connectivity index (χ1n) is 6.63. The molecule has 0 unspecified atom stereocenters. The second-order valence-corrected chi connectivity index (χ2v) is 6.62. The van der Waals surface area contributed by atoms with Gasteiger partial charge in [0.2, 0.25) is 0 Å². The molecule has 0 bridgehead atoms. The lowest BCUT2D eigenvalue weighted by Gasteiger charge is -2.26. The van der Waals surface area contributed by atoms with Crippen molar-refractivity contribution >= 4 is 12.2 Å². The van der Waals surface area contributed by atoms with Gasteiger partial charge in [-0.25, -0.2) is 9.59 Å². The van der Waals surface area contributed by atoms with Crippen molar-refractivity contribution in [2.45, 2.75) is 65.0 Å². The van der Waals surface area contributed by atoms with Crippen LogP contribution in [0.1, 0.15) is 41.5 Å². The van der Waals surface area contributed by atoms with Gasteiger partial charge in [0.1, 0.15) is 17.2 Å². The molecule has 0 spiro atoms. The smallest absolute Gasteiger partial charge is 0.410 e. The summed E-state index contributed by atoms with van der Waals surface area (Å²) in [6, 6.07) is -2.28. The van der Waals surface area contributed by atoms with Crippen LogP contribution in [-0.2, 0) is 9.47 Å². The van der Waals surface area contributed by atoms with Crippen LogP contribution in [0.5, 0.6) is 0 Å². The molecular formula is C13H23F3N2O4. The number of amides is 2. The maximum atomic E-state index is 12.8. The Hall–Kier alpha value is -1.67. The van der Waals surface area contributed by atoms with Crippen LogP contribution < -0.4 is 10.6 Å². The molecule has 0 aromatic carbocycles. The molecular weight excluding hydrogens is 305 g/mol. The van der Waals surface area contributed by atoms with Crippen LogP contribution in [0, 0.1) is 0 Å². The highest BCUT2D eigenvalue weighted by Gasteiger charge is 2.41. The quantitative estimate of drug-likeness (QED) is 0.835. The van der Waals surface area contributed by atoms with E-state index < -0.39 is 42.2 Å². The van der Waals surface area contributed by atoms with Gasteiger partial charge in [-0.1, -0.05) is 0 Å². The van der Waals surface area contributed by atoms with E-state index in [9.17, 15) is 22.8 Å². The minimum Gasteiger partial charge on any atom is -0.444 e. The Morgan fingerprint density at radius 2 is 1.32 bits per heavy atom. The molecule has 0 aromatic rings. The number of halogens is 3. The number of rotatable bonds is 3. The average molecular weight is 328 g/mol. The van der Waals surface area contributed by atoms with Gasteiger partial charge in [0.05, 0.1) is 6.54 Å². The number of ether oxygens (including phenoxy) is 2. The molecule has 1 atom stereocenters. The predicted octanol–water partition coefficient (Wildman–Crippen LogP) is 2.97. The second-order valence-electron chi connectivity index (χ2n) is 6.62. The lowest BCUT2D eigenvalue weighted by Crippen LogP contribution is -2.53. The van der Waals surface area contributed by atoms with Crippen LogP contribution in [0.15, 0.2) is 0 Å². The van der Waals surface area contributed by atoms with Gasteiger partial charge in [-0.05, 0) is 41.5 Å². The average Bonchev–Trinajstić information content (AvgIpc) is 2.16. The Morgan fingerprint density at radius 1 is 0.909 bits per heavy atom. The fraction of sp³-hybridized carbons (Fsp3) is 0.846. The van der Waals surface area contributed by atoms with Gasteiger partial charge in [-0.15, -0.1) is 0 Å². The zero-order valence-corrected chi connectivity index (χ0v) is 13.6. The number of alkyl halides is 3. The fourth-order valence-corrected chi connectivity index (χ4v) is 1.20. The fourth-order valence-electron chi connectivity index (χ4n) is 1.20. The SMILES string of the molecule is CC(C)(C)OC(=O)NC[C@H](NC(=O)OC(C)(C)C)C(F)(F)F. The van der Waals surface area contributed by atoms with E-state index in [-0.39, 0.29) is 0 Å². The molecule has 2 amide bonds. The zero-order valence-electron chi connectivity index (χ0n) is 13.6. The third kappa shape index (κ3) is 10.1. The van der Waals surface area contributed by atoms with E-state index in [0.29, 0.717) is 0 Å². The number of nitrogens with one attached hydrogen (secondary N) is 2. The highest BCUT2D eigenvalue weighted by Crippen LogP contribution is 2.20. The van der Waals surface area contributed by atoms with E-state index in [1.54, 1.807) is 26.1 Å². The molecule has 0 heterocycles. The van der Waals surface area contributed by atoms with Crippen molar-refractivity contribution in [3.8, 4) is 0 Å². The summed E-state index contributed by atoms with van der Waals surface area (Å²) in [5.41, 5.74) is -1.77. The van der Waals surface area contributed by atoms with Crippen LogP contribution in [0.3, 0.4) is 0 Å². The van der Waals surface area contributed by atoms with Crippen molar-refractivity contribution in [2.75, 3.05) is 6.54 Å². The highest BCUT2D eigenvalue weighted by atomic mass is 19.4. The summed E-state index contributed by atoms with van der Waals surface area (Å²) in [5, 5.41) is 3.64. The Bertz CT molecular complexity index is 398. The van der Waals surface area contributed by atoms with Crippen LogP contribution >= 0.6 is 0 Å². The molecule has 0 fully saturated rings. The number of alkyl carbamates (subject to hydrolysis) is 2. The first kappa shape index (κ1) is 20.3. The van der Waals surface area contributed by atoms with Gasteiger partial charge in [-0.3, -0.25) is 0 Å². The highest BCUT2D eigenvalue weighted by molar-refractivity contribution is 5.69. The lowest BCUT2D eigenvalue weighted by atomic mass is 10.2. The summed E-state index contributed by atoms with van der Waals surface area (Å²) in [6.07, 6.45) is -6.97. The third-order valence-corrected chi connectivity index (χ3v) is 1.94. The summed E-state index contributed by atoms with van der Waals surface area (Å²) in [7, 11) is 0. The second kappa shape index (κ2) is 7.06. The van der Waals surface area contributed by atoms with E-state index in [0.717, 1.165) is 0 Å². The number of hydrogen-bond donors (Lipinski definition) is 2. The normalized spacial score (nSPS) is 14.0. The van der Waals surface area contributed by atoms with Gasteiger partial charge >= 0.3 is 18.4 Å². The van der Waals surface area contributed by atoms with Gasteiger partial charge in [0, 0.05) is 0 Å². The van der Waals surface area contributed by atoms with Gasteiger partial charge in [0.15, 0.2) is 0 Å². The van der Waals surface area contributed by atoms with Crippen LogP contribution in [0.2, 0.25) is 0 Å². The van der Waals surface area contributed by atoms with Crippen molar-refractivity contribution in [2.24, 2.45) is 0 Å². The van der Waals surface area contributed by atoms with Crippen LogP contribution in [0.25, 0.3) is 0 Å². The van der Waals surface area contributed by atoms with E-state index >= 15 is 0 Å². The monoisotopic (exact) mass is 328 g/mol. The predicted molar refractivity (Wildman–Crippen MR) is 73.4 cm³/mol. The molecule has 130 valence electrons. The van der Waals surface area contributed by atoms with Crippen molar-refractivity contribution in [1.82, 2.24) is 10.6 Å². The molecule has 0 aliphatic rings. The topological polar surface area (TPSA) is 76.7 Å². The largest absolute Gasteiger partial charge is 0.444 e. The molecule has 0 saturated heterocycles. The Balaban J connectivity index is 4.62. The molecule has 0 radical (unpaired) electrons. The summed E-state index contributed by atoms with van der Waals surface area (Å²) < 4.78 is 48.1. The van der Waals surface area contributed by atoms with Crippen molar-refractivity contribution < 1.29 is 32.2 Å². The molecule has 22 heavy (non-hydrogen) atoms. The van der Waals surface area contributed by atoms with Crippen molar-refractivity contribution in [1.29, 1.82) is 0 Å². The molecule has 9 heteroatoms. The van der Waals surface area contributed by atoms with Crippen molar-refractivity contribution in [3.63, 3.8) is 0 Å². The molecule has 0 rings (SSSR count). The van der Waals surface area contributed by atoms with E-state index in [4.69, 9.17) is 9.47 Å². The summed E-state index contributed by atoms with van der Waals surface area (Å²) in [6.45, 7) is 8.43. The molecule has 6 nitrogen and oxygen atoms in total. The lowest BCUT2D eigenvalue weighted by molar-refractivity contribution is -0.153. The third-order valence-electron chi connectivity index (χ3n) is 1.94. The molecule has 0 aromatic heterocycles. The van der Waals surface area contributed by atoms with Gasteiger partial charge in [0.25, 0.3) is 0 Å². The van der Waals surface area contributed by atoms with E-state index in [1.165, 1.54) is 20.8 Å². The number of carbonyl (C=O) groups is 2. The first-order valence-corrected chi connectivity index (χ1v) is 6.63. The Morgan fingerprint density at radius 3 is 1.68 bits per heavy atom. The van der Waals surface area contributed by atoms with Crippen molar-refractivity contribution in [3.05, 3.63) is 0 Å². The maximum Gasteiger partial charge on any atom is 0.410 e. The number of hydrogen-bond acceptors (Lipinski definition) is 4. The Kier molecular flexibility index (Phi) is 6.52. The minimum atomic E-state index is -4.74. The van der Waals surface area contributed by atoms with Gasteiger partial charge in [-0.2, -0.15) is 13.2 Å². The van der Waals surface area contributed by atoms with E-state index in [1.807, 2.05) is 5.32 Å². The Labute approximate surface area is 127 Å². The zero-order chi connectivity index (χ0) is 17.8. The molecule has 2 N–H and O–H groups in total. The molecule has 0 aliphatic carbocycles. The maximum absolute atomic E-state index is 12.8. The minimum absolute atomic E-state index is 0.837. The van der Waals surface area contributed by atoms with E-state index in [2.05, 4.69) is 0 Å². The van der Waals surface area contributed by atoms with Crippen LogP contribution in [0.4, 0.5) is 22.8 Å². The summed E-state index contributed by atoms with van der Waals surface area (Å²) >= 11 is 0. The number of carbonyl (C=O) groups excluding carboxylic acids is 2. The molecule has 0 aliphatic heterocycles.